The highest BCUT2D eigenvalue weighted by Gasteiger charge is 2.29. The summed E-state index contributed by atoms with van der Waals surface area (Å²) in [4.78, 5) is 24.8. The number of esters is 1. The van der Waals surface area contributed by atoms with Gasteiger partial charge in [0.25, 0.3) is 0 Å². The van der Waals surface area contributed by atoms with Crippen molar-refractivity contribution in [3.63, 3.8) is 0 Å². The fourth-order valence-corrected chi connectivity index (χ4v) is 4.27. The number of hydrogen-bond donors (Lipinski definition) is 2. The van der Waals surface area contributed by atoms with Gasteiger partial charge in [-0.3, -0.25) is 0 Å². The lowest BCUT2D eigenvalue weighted by atomic mass is 9.95. The molecule has 0 aliphatic carbocycles. The first-order chi connectivity index (χ1) is 16.3. The number of ether oxygens (including phenoxy) is 1. The van der Waals surface area contributed by atoms with Gasteiger partial charge in [-0.05, 0) is 12.0 Å². The highest BCUT2D eigenvalue weighted by molar-refractivity contribution is 7.91. The summed E-state index contributed by atoms with van der Waals surface area (Å²) in [5.74, 6) is -2.55. The average molecular weight is 484 g/mol. The monoisotopic (exact) mass is 483 g/mol. The summed E-state index contributed by atoms with van der Waals surface area (Å²) in [7, 11) is -2.18. The molecule has 10 heteroatoms. The zero-order valence-electron chi connectivity index (χ0n) is 18.8. The number of aromatic nitrogens is 2. The van der Waals surface area contributed by atoms with Crippen LogP contribution >= 0.6 is 0 Å². The van der Waals surface area contributed by atoms with E-state index in [9.17, 15) is 23.1 Å². The van der Waals surface area contributed by atoms with Gasteiger partial charge >= 0.3 is 11.9 Å². The Morgan fingerprint density at radius 1 is 1.00 bits per heavy atom. The van der Waals surface area contributed by atoms with Crippen LogP contribution in [0.5, 0.6) is 0 Å². The Kier molecular flexibility index (Phi) is 7.95. The summed E-state index contributed by atoms with van der Waals surface area (Å²) in [6, 6.07) is 16.8. The van der Waals surface area contributed by atoms with Crippen molar-refractivity contribution < 1.29 is 27.9 Å². The molecule has 1 unspecified atom stereocenters. The maximum atomic E-state index is 13.0. The number of rotatable bonds is 10. The van der Waals surface area contributed by atoms with E-state index in [4.69, 9.17) is 4.74 Å². The summed E-state index contributed by atoms with van der Waals surface area (Å²) < 4.78 is 28.8. The van der Waals surface area contributed by atoms with Gasteiger partial charge in [0.2, 0.25) is 0 Å². The summed E-state index contributed by atoms with van der Waals surface area (Å²) in [6.07, 6.45) is -0.213. The first-order valence-corrected chi connectivity index (χ1v) is 12.4. The molecule has 178 valence electrons. The first kappa shape index (κ1) is 24.8. The number of carboxylic acid groups (broad SMARTS) is 1. The van der Waals surface area contributed by atoms with Gasteiger partial charge in [0.05, 0.1) is 12.9 Å². The zero-order chi connectivity index (χ0) is 24.7. The van der Waals surface area contributed by atoms with E-state index in [1.54, 1.807) is 24.3 Å². The molecular formula is C24H25N3O6S. The largest absolute Gasteiger partial charge is 0.480 e. The number of benzene rings is 2. The number of nitrogens with one attached hydrogen (secondary N) is 1. The summed E-state index contributed by atoms with van der Waals surface area (Å²) in [5.41, 5.74) is 2.20. The predicted octanol–water partition coefficient (Wildman–Crippen LogP) is 3.29. The molecule has 34 heavy (non-hydrogen) atoms. The normalized spacial score (nSPS) is 12.1. The molecule has 0 saturated carbocycles. The average Bonchev–Trinajstić information content (AvgIpc) is 2.86. The molecule has 1 atom stereocenters. The lowest BCUT2D eigenvalue weighted by molar-refractivity contribution is -0.137. The summed E-state index contributed by atoms with van der Waals surface area (Å²) in [5, 5.41) is 20.8. The molecule has 3 aromatic rings. The van der Waals surface area contributed by atoms with Gasteiger partial charge in [-0.2, -0.15) is 0 Å². The standard InChI is InChI=1S/C24H25N3O6S/c1-3-34(31,32)15-14-18(23(28)29)25-22-20(24(30)33-2)19(16-10-6-4-7-11-16)21(26-27-22)17-12-8-5-9-13-17/h4-13,18H,3,14-15H2,1-2H3,(H,25,27)(H,28,29). The minimum atomic E-state index is -3.40. The number of carbonyl (C=O) groups excluding carboxylic acids is 1. The van der Waals surface area contributed by atoms with E-state index in [2.05, 4.69) is 15.5 Å². The molecule has 2 aromatic carbocycles. The van der Waals surface area contributed by atoms with Gasteiger partial charge in [0.1, 0.15) is 27.1 Å². The number of methoxy groups -OCH3 is 1. The molecule has 0 saturated heterocycles. The van der Waals surface area contributed by atoms with Crippen molar-refractivity contribution in [3.05, 3.63) is 66.2 Å². The number of carboxylic acids is 1. The van der Waals surface area contributed by atoms with E-state index in [0.29, 0.717) is 22.4 Å². The molecule has 0 aliphatic heterocycles. The van der Waals surface area contributed by atoms with Crippen LogP contribution in [-0.4, -0.2) is 60.3 Å². The Hall–Kier alpha value is -3.79. The summed E-state index contributed by atoms with van der Waals surface area (Å²) in [6.45, 7) is 1.49. The van der Waals surface area contributed by atoms with Gasteiger partial charge < -0.3 is 15.2 Å². The molecule has 0 fully saturated rings. The van der Waals surface area contributed by atoms with Crippen molar-refractivity contribution in [2.45, 2.75) is 19.4 Å². The predicted molar refractivity (Wildman–Crippen MR) is 128 cm³/mol. The maximum absolute atomic E-state index is 13.0. The Morgan fingerprint density at radius 3 is 2.12 bits per heavy atom. The van der Waals surface area contributed by atoms with Crippen LogP contribution in [0.15, 0.2) is 60.7 Å². The zero-order valence-corrected chi connectivity index (χ0v) is 19.6. The fourth-order valence-electron chi connectivity index (χ4n) is 3.39. The molecule has 0 bridgehead atoms. The van der Waals surface area contributed by atoms with Gasteiger partial charge in [-0.25, -0.2) is 18.0 Å². The van der Waals surface area contributed by atoms with Crippen LogP contribution in [0, 0.1) is 0 Å². The Labute approximate surface area is 197 Å². The highest BCUT2D eigenvalue weighted by atomic mass is 32.2. The van der Waals surface area contributed by atoms with E-state index in [1.807, 2.05) is 36.4 Å². The van der Waals surface area contributed by atoms with Crippen LogP contribution in [0.1, 0.15) is 23.7 Å². The van der Waals surface area contributed by atoms with Crippen LogP contribution in [0.2, 0.25) is 0 Å². The number of carbonyl (C=O) groups is 2. The molecule has 0 amide bonds. The second-order valence-electron chi connectivity index (χ2n) is 7.43. The van der Waals surface area contributed by atoms with Crippen LogP contribution in [0.25, 0.3) is 22.4 Å². The van der Waals surface area contributed by atoms with E-state index in [1.165, 1.54) is 14.0 Å². The van der Waals surface area contributed by atoms with Crippen molar-refractivity contribution in [1.29, 1.82) is 0 Å². The van der Waals surface area contributed by atoms with Crippen molar-refractivity contribution in [3.8, 4) is 22.4 Å². The number of anilines is 1. The molecule has 0 radical (unpaired) electrons. The second kappa shape index (κ2) is 10.9. The fraction of sp³-hybridized carbons (Fsp3) is 0.250. The smallest absolute Gasteiger partial charge is 0.342 e. The molecule has 1 aromatic heterocycles. The van der Waals surface area contributed by atoms with Crippen LogP contribution < -0.4 is 5.32 Å². The molecule has 0 spiro atoms. The van der Waals surface area contributed by atoms with Crippen molar-refractivity contribution in [1.82, 2.24) is 10.2 Å². The topological polar surface area (TPSA) is 136 Å². The highest BCUT2D eigenvalue weighted by Crippen LogP contribution is 2.36. The lowest BCUT2D eigenvalue weighted by Gasteiger charge is -2.20. The minimum absolute atomic E-state index is 0.00662. The quantitative estimate of drug-likeness (QED) is 0.416. The molecule has 1 heterocycles. The van der Waals surface area contributed by atoms with Crippen molar-refractivity contribution in [2.24, 2.45) is 0 Å². The molecule has 2 N–H and O–H groups in total. The summed E-state index contributed by atoms with van der Waals surface area (Å²) >= 11 is 0. The Bertz CT molecular complexity index is 1260. The van der Waals surface area contributed by atoms with Gasteiger partial charge in [-0.1, -0.05) is 67.6 Å². The van der Waals surface area contributed by atoms with Crippen molar-refractivity contribution in [2.75, 3.05) is 23.9 Å². The third-order valence-corrected chi connectivity index (χ3v) is 6.98. The van der Waals surface area contributed by atoms with E-state index in [-0.39, 0.29) is 29.3 Å². The minimum Gasteiger partial charge on any atom is -0.480 e. The van der Waals surface area contributed by atoms with E-state index < -0.39 is 27.8 Å². The Morgan fingerprint density at radius 2 is 1.59 bits per heavy atom. The second-order valence-corrected chi connectivity index (χ2v) is 9.90. The van der Waals surface area contributed by atoms with Gasteiger partial charge in [0, 0.05) is 16.9 Å². The third-order valence-electron chi connectivity index (χ3n) is 5.24. The lowest BCUT2D eigenvalue weighted by Crippen LogP contribution is -2.33. The Balaban J connectivity index is 2.18. The molecular weight excluding hydrogens is 458 g/mol. The maximum Gasteiger partial charge on any atom is 0.342 e. The van der Waals surface area contributed by atoms with Crippen LogP contribution in [0.3, 0.4) is 0 Å². The van der Waals surface area contributed by atoms with E-state index >= 15 is 0 Å². The molecule has 3 rings (SSSR count). The van der Waals surface area contributed by atoms with Crippen LogP contribution in [0.4, 0.5) is 5.82 Å². The number of hydrogen-bond acceptors (Lipinski definition) is 8. The number of aliphatic carboxylic acids is 1. The molecule has 0 aliphatic rings. The number of nitrogens with zero attached hydrogens (tertiary/aromatic N) is 2. The van der Waals surface area contributed by atoms with Gasteiger partial charge in [0.15, 0.2) is 5.82 Å². The van der Waals surface area contributed by atoms with E-state index in [0.717, 1.165) is 0 Å². The van der Waals surface area contributed by atoms with Gasteiger partial charge in [-0.15, -0.1) is 10.2 Å². The number of sulfone groups is 1. The van der Waals surface area contributed by atoms with Crippen molar-refractivity contribution >= 4 is 27.6 Å². The first-order valence-electron chi connectivity index (χ1n) is 10.6. The third kappa shape index (κ3) is 5.76. The van der Waals surface area contributed by atoms with Crippen LogP contribution in [-0.2, 0) is 19.4 Å². The SMILES string of the molecule is CCS(=O)(=O)CCC(Nc1nnc(-c2ccccc2)c(-c2ccccc2)c1C(=O)OC)C(=O)O. The molecule has 9 nitrogen and oxygen atoms in total.